The molecule has 0 aliphatic heterocycles. The first-order valence-electron chi connectivity index (χ1n) is 13.3. The smallest absolute Gasteiger partial charge is 0.251 e. The van der Waals surface area contributed by atoms with Gasteiger partial charge < -0.3 is 26.3 Å². The van der Waals surface area contributed by atoms with Crippen LogP contribution in [0.4, 0.5) is 5.82 Å². The van der Waals surface area contributed by atoms with Crippen LogP contribution in [0.1, 0.15) is 47.9 Å². The van der Waals surface area contributed by atoms with Crippen molar-refractivity contribution in [2.75, 3.05) is 12.3 Å². The Hall–Kier alpha value is -4.66. The Morgan fingerprint density at radius 1 is 1.00 bits per heavy atom. The minimum atomic E-state index is -0.595. The van der Waals surface area contributed by atoms with E-state index in [0.29, 0.717) is 30.0 Å². The van der Waals surface area contributed by atoms with Gasteiger partial charge in [0.25, 0.3) is 5.91 Å². The summed E-state index contributed by atoms with van der Waals surface area (Å²) in [6.45, 7) is 4.25. The van der Waals surface area contributed by atoms with Crippen LogP contribution in [0.2, 0.25) is 0 Å². The van der Waals surface area contributed by atoms with Crippen molar-refractivity contribution < 1.29 is 9.59 Å². The largest absolute Gasteiger partial charge is 0.384 e. The van der Waals surface area contributed by atoms with E-state index in [1.54, 1.807) is 12.1 Å². The molecule has 3 heterocycles. The van der Waals surface area contributed by atoms with E-state index in [1.807, 2.05) is 50.2 Å². The van der Waals surface area contributed by atoms with Gasteiger partial charge in [0.05, 0.1) is 5.52 Å². The highest BCUT2D eigenvalue weighted by Crippen LogP contribution is 2.30. The van der Waals surface area contributed by atoms with E-state index in [9.17, 15) is 9.59 Å². The number of rotatable bonds is 10. The maximum absolute atomic E-state index is 13.2. The molecule has 1 atom stereocenters. The van der Waals surface area contributed by atoms with Gasteiger partial charge in [0, 0.05) is 34.3 Å². The van der Waals surface area contributed by atoms with Gasteiger partial charge >= 0.3 is 0 Å². The van der Waals surface area contributed by atoms with E-state index in [4.69, 9.17) is 5.73 Å². The lowest BCUT2D eigenvalue weighted by molar-refractivity contribution is -0.123. The van der Waals surface area contributed by atoms with Gasteiger partial charge in [-0.1, -0.05) is 36.8 Å². The van der Waals surface area contributed by atoms with Crippen molar-refractivity contribution in [2.24, 2.45) is 0 Å². The molecule has 0 aliphatic carbocycles. The number of aryl methyl sites for hydroxylation is 2. The number of aromatic nitrogens is 4. The Morgan fingerprint density at radius 2 is 1.82 bits per heavy atom. The summed E-state index contributed by atoms with van der Waals surface area (Å²) in [5, 5.41) is 6.68. The van der Waals surface area contributed by atoms with Crippen LogP contribution in [0.15, 0.2) is 60.7 Å². The van der Waals surface area contributed by atoms with Crippen LogP contribution >= 0.6 is 0 Å². The predicted molar refractivity (Wildman–Crippen MR) is 154 cm³/mol. The van der Waals surface area contributed by atoms with Gasteiger partial charge in [-0.15, -0.1) is 0 Å². The number of nitrogens with zero attached hydrogens (tertiary/aromatic N) is 2. The van der Waals surface area contributed by atoms with Crippen LogP contribution in [0.3, 0.4) is 0 Å². The molecule has 0 unspecified atom stereocenters. The molecule has 2 amide bonds. The van der Waals surface area contributed by atoms with Gasteiger partial charge in [-0.25, -0.2) is 9.97 Å². The number of hydrogen-bond donors (Lipinski definition) is 5. The van der Waals surface area contributed by atoms with Crippen LogP contribution < -0.4 is 16.4 Å². The van der Waals surface area contributed by atoms with Crippen molar-refractivity contribution in [3.63, 3.8) is 0 Å². The number of hydrogen-bond acceptors (Lipinski definition) is 5. The Morgan fingerprint density at radius 3 is 2.62 bits per heavy atom. The van der Waals surface area contributed by atoms with E-state index in [2.05, 4.69) is 42.7 Å². The number of likely N-dealkylation sites (N-methyl/N-ethyl adjacent to an activating group) is 1. The standard InChI is InChI=1S/C30H33N7O2/c1-3-32-30(39)24(12-8-7-11-19-9-5-4-6-10-19)36-29(38)20-13-14-23-21(15-20)16-25(35-23)22-17-26(31)37-28-27(22)33-18(2)34-28/h4-6,9-10,13-17,24,35H,3,7-8,11-12H2,1-2H3,(H,32,39)(H,36,38)(H3,31,33,34,37)/t24-/m0/s1. The average molecular weight is 524 g/mol. The lowest BCUT2D eigenvalue weighted by Gasteiger charge is -2.18. The molecule has 0 saturated carbocycles. The Balaban J connectivity index is 1.31. The summed E-state index contributed by atoms with van der Waals surface area (Å²) in [5.74, 6) is 0.687. The number of fused-ring (bicyclic) bond motifs is 2. The minimum absolute atomic E-state index is 0.162. The number of benzene rings is 2. The van der Waals surface area contributed by atoms with Crippen molar-refractivity contribution in [1.82, 2.24) is 30.6 Å². The molecule has 39 heavy (non-hydrogen) atoms. The summed E-state index contributed by atoms with van der Waals surface area (Å²) >= 11 is 0. The quantitative estimate of drug-likeness (QED) is 0.170. The third kappa shape index (κ3) is 5.93. The second kappa shape index (κ2) is 11.4. The fraction of sp³-hybridized carbons (Fsp3) is 0.267. The number of nitrogens with one attached hydrogen (secondary N) is 4. The van der Waals surface area contributed by atoms with E-state index >= 15 is 0 Å². The SMILES string of the molecule is CCNC(=O)[C@H](CCCCc1ccccc1)NC(=O)c1ccc2[nH]c(-c3cc(N)nc4nc(C)[nH]c34)cc2c1. The maximum Gasteiger partial charge on any atom is 0.251 e. The molecule has 0 aliphatic rings. The third-order valence-corrected chi connectivity index (χ3v) is 6.80. The number of H-pyrrole nitrogens is 2. The van der Waals surface area contributed by atoms with Crippen molar-refractivity contribution in [3.05, 3.63) is 77.6 Å². The highest BCUT2D eigenvalue weighted by Gasteiger charge is 2.21. The predicted octanol–water partition coefficient (Wildman–Crippen LogP) is 4.64. The maximum atomic E-state index is 13.2. The molecule has 6 N–H and O–H groups in total. The molecule has 9 nitrogen and oxygen atoms in total. The second-order valence-electron chi connectivity index (χ2n) is 9.75. The molecule has 0 radical (unpaired) electrons. The number of carbonyl (C=O) groups excluding carboxylic acids is 2. The number of carbonyl (C=O) groups is 2. The zero-order valence-electron chi connectivity index (χ0n) is 22.2. The van der Waals surface area contributed by atoms with Crippen molar-refractivity contribution in [2.45, 2.75) is 45.6 Å². The number of unbranched alkanes of at least 4 members (excludes halogenated alkanes) is 1. The molecule has 0 fully saturated rings. The molecule has 200 valence electrons. The molecule has 5 aromatic rings. The Kier molecular flexibility index (Phi) is 7.58. The number of amides is 2. The van der Waals surface area contributed by atoms with Crippen molar-refractivity contribution in [3.8, 4) is 11.3 Å². The summed E-state index contributed by atoms with van der Waals surface area (Å²) in [5.41, 5.74) is 11.7. The van der Waals surface area contributed by atoms with Crippen LogP contribution in [0.25, 0.3) is 33.3 Å². The van der Waals surface area contributed by atoms with Crippen LogP contribution in [-0.2, 0) is 11.2 Å². The number of nitrogen functional groups attached to an aromatic ring is 1. The first kappa shape index (κ1) is 26.0. The average Bonchev–Trinajstić information content (AvgIpc) is 3.52. The van der Waals surface area contributed by atoms with Gasteiger partial charge in [-0.3, -0.25) is 9.59 Å². The van der Waals surface area contributed by atoms with Gasteiger partial charge in [0.2, 0.25) is 5.91 Å². The van der Waals surface area contributed by atoms with Crippen molar-refractivity contribution in [1.29, 1.82) is 0 Å². The summed E-state index contributed by atoms with van der Waals surface area (Å²) in [7, 11) is 0. The molecule has 0 saturated heterocycles. The fourth-order valence-electron chi connectivity index (χ4n) is 4.88. The molecule has 5 rings (SSSR count). The number of nitrogens with two attached hydrogens (primary N) is 1. The van der Waals surface area contributed by atoms with Crippen LogP contribution in [0.5, 0.6) is 0 Å². The summed E-state index contributed by atoms with van der Waals surface area (Å²) in [6.07, 6.45) is 3.28. The summed E-state index contributed by atoms with van der Waals surface area (Å²) in [6, 6.07) is 18.9. The van der Waals surface area contributed by atoms with Gasteiger partial charge in [0.15, 0.2) is 5.65 Å². The number of pyridine rings is 1. The first-order chi connectivity index (χ1) is 18.9. The van der Waals surface area contributed by atoms with E-state index in [1.165, 1.54) is 5.56 Å². The second-order valence-corrected chi connectivity index (χ2v) is 9.75. The van der Waals surface area contributed by atoms with Gasteiger partial charge in [-0.2, -0.15) is 0 Å². The van der Waals surface area contributed by atoms with E-state index in [0.717, 1.165) is 52.8 Å². The highest BCUT2D eigenvalue weighted by atomic mass is 16.2. The molecular formula is C30H33N7O2. The zero-order chi connectivity index (χ0) is 27.4. The monoisotopic (exact) mass is 523 g/mol. The van der Waals surface area contributed by atoms with Gasteiger partial charge in [0.1, 0.15) is 17.7 Å². The lowest BCUT2D eigenvalue weighted by atomic mass is 10.0. The Labute approximate surface area is 226 Å². The minimum Gasteiger partial charge on any atom is -0.384 e. The normalized spacial score (nSPS) is 12.1. The van der Waals surface area contributed by atoms with Crippen LogP contribution in [0, 0.1) is 6.92 Å². The molecule has 2 aromatic carbocycles. The van der Waals surface area contributed by atoms with Gasteiger partial charge in [-0.05, 0) is 69.0 Å². The number of aromatic amines is 2. The molecule has 9 heteroatoms. The summed E-state index contributed by atoms with van der Waals surface area (Å²) < 4.78 is 0. The van der Waals surface area contributed by atoms with E-state index < -0.39 is 6.04 Å². The topological polar surface area (TPSA) is 142 Å². The zero-order valence-corrected chi connectivity index (χ0v) is 22.2. The molecular weight excluding hydrogens is 490 g/mol. The number of imidazole rings is 1. The van der Waals surface area contributed by atoms with E-state index in [-0.39, 0.29) is 11.8 Å². The van der Waals surface area contributed by atoms with Crippen LogP contribution in [-0.4, -0.2) is 44.3 Å². The fourth-order valence-corrected chi connectivity index (χ4v) is 4.88. The Bertz CT molecular complexity index is 1620. The molecule has 3 aromatic heterocycles. The molecule has 0 bridgehead atoms. The van der Waals surface area contributed by atoms with Crippen molar-refractivity contribution >= 4 is 39.7 Å². The highest BCUT2D eigenvalue weighted by molar-refractivity contribution is 6.02. The number of anilines is 1. The third-order valence-electron chi connectivity index (χ3n) is 6.80. The molecule has 0 spiro atoms. The lowest BCUT2D eigenvalue weighted by Crippen LogP contribution is -2.46. The first-order valence-corrected chi connectivity index (χ1v) is 13.3. The summed E-state index contributed by atoms with van der Waals surface area (Å²) in [4.78, 5) is 41.3.